The number of nitrogens with one attached hydrogen (secondary N) is 2. The second kappa shape index (κ2) is 6.06. The van der Waals surface area contributed by atoms with Crippen molar-refractivity contribution in [3.8, 4) is 0 Å². The predicted octanol–water partition coefficient (Wildman–Crippen LogP) is 2.84. The Balaban J connectivity index is 2.77. The Morgan fingerprint density at radius 1 is 1.21 bits per heavy atom. The van der Waals surface area contributed by atoms with Crippen LogP contribution in [0.1, 0.15) is 33.3 Å². The molecule has 19 heavy (non-hydrogen) atoms. The predicted molar refractivity (Wildman–Crippen MR) is 83.3 cm³/mol. The zero-order valence-electron chi connectivity index (χ0n) is 12.3. The minimum Gasteiger partial charge on any atom is -0.354 e. The number of halogens is 1. The first kappa shape index (κ1) is 16.2. The van der Waals surface area contributed by atoms with Gasteiger partial charge >= 0.3 is 0 Å². The summed E-state index contributed by atoms with van der Waals surface area (Å²) in [6, 6.07) is 8.11. The van der Waals surface area contributed by atoms with E-state index in [2.05, 4.69) is 46.5 Å². The van der Waals surface area contributed by atoms with Crippen LogP contribution >= 0.6 is 15.9 Å². The van der Waals surface area contributed by atoms with Crippen LogP contribution in [0.25, 0.3) is 0 Å². The molecular weight excluding hydrogens is 304 g/mol. The van der Waals surface area contributed by atoms with E-state index in [9.17, 15) is 4.79 Å². The van der Waals surface area contributed by atoms with Crippen molar-refractivity contribution >= 4 is 21.8 Å². The fourth-order valence-corrected chi connectivity index (χ4v) is 2.56. The normalized spacial score (nSPS) is 12.3. The van der Waals surface area contributed by atoms with Gasteiger partial charge in [-0.1, -0.05) is 48.0 Å². The molecule has 0 heterocycles. The molecule has 1 aromatic rings. The molecule has 2 N–H and O–H groups in total. The summed E-state index contributed by atoms with van der Waals surface area (Å²) >= 11 is 3.57. The highest BCUT2D eigenvalue weighted by Gasteiger charge is 2.28. The summed E-state index contributed by atoms with van der Waals surface area (Å²) in [6.07, 6.45) is 0. The van der Waals surface area contributed by atoms with E-state index in [1.54, 1.807) is 7.05 Å². The molecule has 0 aliphatic heterocycles. The van der Waals surface area contributed by atoms with E-state index < -0.39 is 5.54 Å². The van der Waals surface area contributed by atoms with Crippen molar-refractivity contribution in [3.05, 3.63) is 34.3 Å². The summed E-state index contributed by atoms with van der Waals surface area (Å²) < 4.78 is 1.07. The molecule has 0 radical (unpaired) electrons. The van der Waals surface area contributed by atoms with Crippen molar-refractivity contribution in [2.45, 2.75) is 38.6 Å². The highest BCUT2D eigenvalue weighted by molar-refractivity contribution is 9.10. The van der Waals surface area contributed by atoms with Crippen LogP contribution in [-0.4, -0.2) is 25.0 Å². The molecule has 0 aliphatic carbocycles. The summed E-state index contributed by atoms with van der Waals surface area (Å²) in [5, 5.41) is 6.02. The average molecular weight is 327 g/mol. The first-order valence-electron chi connectivity index (χ1n) is 6.43. The number of benzene rings is 1. The maximum Gasteiger partial charge on any atom is 0.239 e. The lowest BCUT2D eigenvalue weighted by Crippen LogP contribution is -2.53. The minimum absolute atomic E-state index is 0.00938. The van der Waals surface area contributed by atoms with E-state index in [0.717, 1.165) is 4.47 Å². The van der Waals surface area contributed by atoms with Crippen molar-refractivity contribution in [1.29, 1.82) is 0 Å². The standard InChI is InChI=1S/C15H23BrN2O/c1-14(2,11-8-6-7-9-12(11)16)10-18-13(19)15(3,4)17-5/h6-9,17H,10H2,1-5H3,(H,18,19). The maximum atomic E-state index is 12.1. The second-order valence-corrected chi connectivity index (χ2v) is 6.78. The Morgan fingerprint density at radius 2 is 1.79 bits per heavy atom. The van der Waals surface area contributed by atoms with E-state index in [1.807, 2.05) is 32.0 Å². The first-order valence-corrected chi connectivity index (χ1v) is 7.22. The molecule has 3 nitrogen and oxygen atoms in total. The molecule has 4 heteroatoms. The van der Waals surface area contributed by atoms with Gasteiger partial charge in [0, 0.05) is 16.4 Å². The van der Waals surface area contributed by atoms with Gasteiger partial charge in [-0.05, 0) is 32.5 Å². The molecule has 0 bridgehead atoms. The molecule has 0 spiro atoms. The van der Waals surface area contributed by atoms with Crippen LogP contribution in [0.4, 0.5) is 0 Å². The third-order valence-corrected chi connectivity index (χ3v) is 4.18. The quantitative estimate of drug-likeness (QED) is 0.873. The highest BCUT2D eigenvalue weighted by atomic mass is 79.9. The number of hydrogen-bond donors (Lipinski definition) is 2. The molecule has 0 atom stereocenters. The fourth-order valence-electron chi connectivity index (χ4n) is 1.74. The molecule has 0 saturated carbocycles. The van der Waals surface area contributed by atoms with E-state index in [1.165, 1.54) is 5.56 Å². The van der Waals surface area contributed by atoms with Crippen LogP contribution in [0.15, 0.2) is 28.7 Å². The Hall–Kier alpha value is -0.870. The van der Waals surface area contributed by atoms with Crippen LogP contribution in [0, 0.1) is 0 Å². The van der Waals surface area contributed by atoms with Gasteiger partial charge in [-0.2, -0.15) is 0 Å². The molecule has 1 amide bonds. The summed E-state index contributed by atoms with van der Waals surface area (Å²) in [4.78, 5) is 12.1. The molecule has 0 aromatic heterocycles. The summed E-state index contributed by atoms with van der Waals surface area (Å²) in [6.45, 7) is 8.58. The number of hydrogen-bond acceptors (Lipinski definition) is 2. The van der Waals surface area contributed by atoms with Crippen molar-refractivity contribution in [1.82, 2.24) is 10.6 Å². The van der Waals surface area contributed by atoms with Crippen molar-refractivity contribution < 1.29 is 4.79 Å². The van der Waals surface area contributed by atoms with Gasteiger partial charge in [0.15, 0.2) is 0 Å². The average Bonchev–Trinajstić information content (AvgIpc) is 2.36. The smallest absolute Gasteiger partial charge is 0.239 e. The van der Waals surface area contributed by atoms with Crippen LogP contribution in [0.3, 0.4) is 0 Å². The molecule has 0 aliphatic rings. The van der Waals surface area contributed by atoms with E-state index in [-0.39, 0.29) is 11.3 Å². The van der Waals surface area contributed by atoms with Gasteiger partial charge < -0.3 is 10.6 Å². The Bertz CT molecular complexity index is 455. The zero-order chi connectivity index (χ0) is 14.7. The van der Waals surface area contributed by atoms with Crippen molar-refractivity contribution in [3.63, 3.8) is 0 Å². The van der Waals surface area contributed by atoms with Gasteiger partial charge in [-0.15, -0.1) is 0 Å². The van der Waals surface area contributed by atoms with Gasteiger partial charge in [-0.3, -0.25) is 4.79 Å². The Labute approximate surface area is 124 Å². The van der Waals surface area contributed by atoms with Gasteiger partial charge in [0.25, 0.3) is 0 Å². The number of carbonyl (C=O) groups excluding carboxylic acids is 1. The maximum absolute atomic E-state index is 12.1. The minimum atomic E-state index is -0.552. The molecule has 1 rings (SSSR count). The Morgan fingerprint density at radius 3 is 2.32 bits per heavy atom. The summed E-state index contributed by atoms with van der Waals surface area (Å²) in [7, 11) is 1.79. The van der Waals surface area contributed by atoms with Gasteiger partial charge in [-0.25, -0.2) is 0 Å². The molecule has 1 aromatic carbocycles. The summed E-state index contributed by atoms with van der Waals surface area (Å²) in [5.74, 6) is 0.00938. The number of amides is 1. The topological polar surface area (TPSA) is 41.1 Å². The largest absolute Gasteiger partial charge is 0.354 e. The molecular formula is C15H23BrN2O. The van der Waals surface area contributed by atoms with Crippen molar-refractivity contribution in [2.24, 2.45) is 0 Å². The second-order valence-electron chi connectivity index (χ2n) is 5.92. The van der Waals surface area contributed by atoms with Crippen LogP contribution in [0.2, 0.25) is 0 Å². The van der Waals surface area contributed by atoms with Crippen LogP contribution < -0.4 is 10.6 Å². The molecule has 0 fully saturated rings. The number of carbonyl (C=O) groups is 1. The number of likely N-dealkylation sites (N-methyl/N-ethyl adjacent to an activating group) is 1. The summed E-state index contributed by atoms with van der Waals surface area (Å²) in [5.41, 5.74) is 0.515. The SMILES string of the molecule is CNC(C)(C)C(=O)NCC(C)(C)c1ccccc1Br. The fraction of sp³-hybridized carbons (Fsp3) is 0.533. The zero-order valence-corrected chi connectivity index (χ0v) is 13.9. The molecule has 0 saturated heterocycles. The first-order chi connectivity index (χ1) is 8.70. The van der Waals surface area contributed by atoms with Gasteiger partial charge in [0.05, 0.1) is 5.54 Å². The van der Waals surface area contributed by atoms with E-state index in [4.69, 9.17) is 0 Å². The van der Waals surface area contributed by atoms with Gasteiger partial charge in [0.2, 0.25) is 5.91 Å². The lowest BCUT2D eigenvalue weighted by atomic mass is 9.84. The van der Waals surface area contributed by atoms with Crippen LogP contribution in [-0.2, 0) is 10.2 Å². The molecule has 0 unspecified atom stereocenters. The third-order valence-electron chi connectivity index (χ3n) is 3.49. The van der Waals surface area contributed by atoms with Crippen molar-refractivity contribution in [2.75, 3.05) is 13.6 Å². The van der Waals surface area contributed by atoms with E-state index in [0.29, 0.717) is 6.54 Å². The van der Waals surface area contributed by atoms with Crippen LogP contribution in [0.5, 0.6) is 0 Å². The highest BCUT2D eigenvalue weighted by Crippen LogP contribution is 2.29. The molecule has 106 valence electrons. The number of rotatable bonds is 5. The monoisotopic (exact) mass is 326 g/mol. The lowest BCUT2D eigenvalue weighted by molar-refractivity contribution is -0.126. The Kier molecular flexibility index (Phi) is 5.16. The van der Waals surface area contributed by atoms with E-state index >= 15 is 0 Å². The third kappa shape index (κ3) is 4.05. The lowest BCUT2D eigenvalue weighted by Gasteiger charge is -2.30. The van der Waals surface area contributed by atoms with Gasteiger partial charge in [0.1, 0.15) is 0 Å².